The van der Waals surface area contributed by atoms with Crippen molar-refractivity contribution in [2.24, 2.45) is 5.92 Å². The van der Waals surface area contributed by atoms with Gasteiger partial charge < -0.3 is 9.84 Å². The zero-order valence-electron chi connectivity index (χ0n) is 10.8. The van der Waals surface area contributed by atoms with Gasteiger partial charge in [0.25, 0.3) is 0 Å². The van der Waals surface area contributed by atoms with Crippen LogP contribution in [0.4, 0.5) is 0 Å². The van der Waals surface area contributed by atoms with Crippen molar-refractivity contribution in [2.45, 2.75) is 59.5 Å². The molecule has 0 saturated heterocycles. The highest BCUT2D eigenvalue weighted by Gasteiger charge is 2.05. The van der Waals surface area contributed by atoms with Gasteiger partial charge in [0.1, 0.15) is 0 Å². The van der Waals surface area contributed by atoms with Gasteiger partial charge in [0.05, 0.1) is 6.54 Å². The molecule has 16 heavy (non-hydrogen) atoms. The molecule has 0 bridgehead atoms. The zero-order valence-corrected chi connectivity index (χ0v) is 10.8. The first-order chi connectivity index (χ1) is 7.58. The van der Waals surface area contributed by atoms with Gasteiger partial charge in [-0.2, -0.15) is 4.98 Å². The summed E-state index contributed by atoms with van der Waals surface area (Å²) < 4.78 is 4.91. The largest absolute Gasteiger partial charge is 0.340 e. The molecule has 1 rings (SSSR count). The van der Waals surface area contributed by atoms with Crippen LogP contribution in [0, 0.1) is 12.8 Å². The van der Waals surface area contributed by atoms with Crippen molar-refractivity contribution in [2.75, 3.05) is 0 Å². The van der Waals surface area contributed by atoms with Gasteiger partial charge in [0.15, 0.2) is 5.82 Å². The predicted octanol–water partition coefficient (Wildman–Crippen LogP) is 2.68. The summed E-state index contributed by atoms with van der Waals surface area (Å²) >= 11 is 0. The van der Waals surface area contributed by atoms with Crippen LogP contribution < -0.4 is 5.32 Å². The van der Waals surface area contributed by atoms with E-state index in [-0.39, 0.29) is 0 Å². The summed E-state index contributed by atoms with van der Waals surface area (Å²) in [5.41, 5.74) is 0. The Morgan fingerprint density at radius 2 is 2.00 bits per heavy atom. The van der Waals surface area contributed by atoms with Crippen LogP contribution in [0.15, 0.2) is 4.52 Å². The summed E-state index contributed by atoms with van der Waals surface area (Å²) in [6, 6.07) is 0.512. The minimum Gasteiger partial charge on any atom is -0.340 e. The van der Waals surface area contributed by atoms with Crippen LogP contribution in [0.5, 0.6) is 0 Å². The molecule has 0 amide bonds. The first-order valence-corrected chi connectivity index (χ1v) is 6.10. The number of hydrogen-bond donors (Lipinski definition) is 1. The van der Waals surface area contributed by atoms with Crippen molar-refractivity contribution in [3.05, 3.63) is 11.7 Å². The Morgan fingerprint density at radius 1 is 1.25 bits per heavy atom. The Balaban J connectivity index is 2.12. The summed E-state index contributed by atoms with van der Waals surface area (Å²) in [5.74, 6) is 2.17. The van der Waals surface area contributed by atoms with Crippen molar-refractivity contribution in [3.8, 4) is 0 Å². The molecule has 1 aromatic heterocycles. The molecular weight excluding hydrogens is 202 g/mol. The summed E-state index contributed by atoms with van der Waals surface area (Å²) in [6.07, 6.45) is 3.78. The van der Waals surface area contributed by atoms with Crippen molar-refractivity contribution in [1.82, 2.24) is 15.5 Å². The van der Waals surface area contributed by atoms with Crippen LogP contribution in [0.25, 0.3) is 0 Å². The molecule has 0 aliphatic heterocycles. The zero-order chi connectivity index (χ0) is 12.0. The topological polar surface area (TPSA) is 51.0 Å². The number of aromatic nitrogens is 2. The summed E-state index contributed by atoms with van der Waals surface area (Å²) in [5, 5.41) is 7.25. The van der Waals surface area contributed by atoms with Crippen LogP contribution in [0.3, 0.4) is 0 Å². The number of hydrogen-bond acceptors (Lipinski definition) is 4. The second-order valence-corrected chi connectivity index (χ2v) is 4.84. The summed E-state index contributed by atoms with van der Waals surface area (Å²) in [6.45, 7) is 9.23. The van der Waals surface area contributed by atoms with Crippen LogP contribution in [0.2, 0.25) is 0 Å². The smallest absolute Gasteiger partial charge is 0.223 e. The Labute approximate surface area is 97.8 Å². The average molecular weight is 225 g/mol. The van der Waals surface area contributed by atoms with Crippen LogP contribution >= 0.6 is 0 Å². The monoisotopic (exact) mass is 225 g/mol. The van der Waals surface area contributed by atoms with Crippen molar-refractivity contribution in [1.29, 1.82) is 0 Å². The molecule has 92 valence electrons. The van der Waals surface area contributed by atoms with Gasteiger partial charge in [0, 0.05) is 13.0 Å². The molecule has 1 atom stereocenters. The number of aryl methyl sites for hydroxylation is 1. The Hall–Kier alpha value is -0.900. The highest BCUT2D eigenvalue weighted by molar-refractivity contribution is 4.83. The lowest BCUT2D eigenvalue weighted by molar-refractivity contribution is 0.382. The highest BCUT2D eigenvalue weighted by Crippen LogP contribution is 2.08. The first kappa shape index (κ1) is 13.2. The highest BCUT2D eigenvalue weighted by atomic mass is 16.5. The molecule has 4 nitrogen and oxygen atoms in total. The van der Waals surface area contributed by atoms with E-state index in [1.165, 1.54) is 19.3 Å². The lowest BCUT2D eigenvalue weighted by Gasteiger charge is -2.12. The third-order valence-corrected chi connectivity index (χ3v) is 2.60. The van der Waals surface area contributed by atoms with Crippen LogP contribution in [0.1, 0.15) is 51.7 Å². The maximum Gasteiger partial charge on any atom is 0.223 e. The second-order valence-electron chi connectivity index (χ2n) is 4.84. The van der Waals surface area contributed by atoms with Gasteiger partial charge in [-0.15, -0.1) is 0 Å². The SMILES string of the molecule is Cc1nc(CNC(C)CCCC(C)C)no1. The van der Waals surface area contributed by atoms with E-state index in [9.17, 15) is 0 Å². The molecule has 4 heteroatoms. The second kappa shape index (κ2) is 6.63. The van der Waals surface area contributed by atoms with E-state index < -0.39 is 0 Å². The Kier molecular flexibility index (Phi) is 5.46. The lowest BCUT2D eigenvalue weighted by Crippen LogP contribution is -2.25. The molecule has 1 aromatic rings. The van der Waals surface area contributed by atoms with Crippen LogP contribution in [-0.4, -0.2) is 16.2 Å². The van der Waals surface area contributed by atoms with Gasteiger partial charge in [-0.25, -0.2) is 0 Å². The number of nitrogens with one attached hydrogen (secondary N) is 1. The van der Waals surface area contributed by atoms with Gasteiger partial charge >= 0.3 is 0 Å². The Bertz CT molecular complexity index is 296. The number of nitrogens with zero attached hydrogens (tertiary/aromatic N) is 2. The molecule has 0 fully saturated rings. The standard InChI is InChI=1S/C12H23N3O/c1-9(2)6-5-7-10(3)13-8-12-14-11(4)16-15-12/h9-10,13H,5-8H2,1-4H3. The summed E-state index contributed by atoms with van der Waals surface area (Å²) in [4.78, 5) is 4.15. The maximum absolute atomic E-state index is 4.91. The fourth-order valence-corrected chi connectivity index (χ4v) is 1.61. The molecule has 0 spiro atoms. The predicted molar refractivity (Wildman–Crippen MR) is 64.0 cm³/mol. The average Bonchev–Trinajstić information content (AvgIpc) is 2.61. The van der Waals surface area contributed by atoms with Crippen molar-refractivity contribution in [3.63, 3.8) is 0 Å². The van der Waals surface area contributed by atoms with E-state index in [4.69, 9.17) is 4.52 Å². The first-order valence-electron chi connectivity index (χ1n) is 6.10. The van der Waals surface area contributed by atoms with Gasteiger partial charge in [-0.05, 0) is 19.3 Å². The van der Waals surface area contributed by atoms with E-state index >= 15 is 0 Å². The normalized spacial score (nSPS) is 13.3. The van der Waals surface area contributed by atoms with Crippen molar-refractivity contribution < 1.29 is 4.52 Å². The fourth-order valence-electron chi connectivity index (χ4n) is 1.61. The van der Waals surface area contributed by atoms with Crippen molar-refractivity contribution >= 4 is 0 Å². The molecule has 1 heterocycles. The lowest BCUT2D eigenvalue weighted by atomic mass is 10.0. The molecular formula is C12H23N3O. The maximum atomic E-state index is 4.91. The minimum atomic E-state index is 0.512. The molecule has 1 N–H and O–H groups in total. The van der Waals surface area contributed by atoms with Gasteiger partial charge in [0.2, 0.25) is 5.89 Å². The van der Waals surface area contributed by atoms with E-state index in [1.54, 1.807) is 0 Å². The third-order valence-electron chi connectivity index (χ3n) is 2.60. The van der Waals surface area contributed by atoms with Crippen LogP contribution in [-0.2, 0) is 6.54 Å². The minimum absolute atomic E-state index is 0.512. The van der Waals surface area contributed by atoms with E-state index in [0.29, 0.717) is 18.5 Å². The molecule has 0 aromatic carbocycles. The van der Waals surface area contributed by atoms with E-state index in [1.807, 2.05) is 6.92 Å². The molecule has 1 unspecified atom stereocenters. The quantitative estimate of drug-likeness (QED) is 0.775. The molecule has 0 aliphatic rings. The van der Waals surface area contributed by atoms with Gasteiger partial charge in [-0.1, -0.05) is 31.8 Å². The third kappa shape index (κ3) is 5.26. The molecule has 0 radical (unpaired) electrons. The Morgan fingerprint density at radius 3 is 2.56 bits per heavy atom. The van der Waals surface area contributed by atoms with E-state index in [2.05, 4.69) is 36.2 Å². The molecule has 0 saturated carbocycles. The molecule has 0 aliphatic carbocycles. The number of rotatable bonds is 7. The van der Waals surface area contributed by atoms with E-state index in [0.717, 1.165) is 11.7 Å². The van der Waals surface area contributed by atoms with Gasteiger partial charge in [-0.3, -0.25) is 0 Å². The fraction of sp³-hybridized carbons (Fsp3) is 0.833. The summed E-state index contributed by atoms with van der Waals surface area (Å²) in [7, 11) is 0.